The molecule has 1 saturated carbocycles. The molecule has 0 radical (unpaired) electrons. The minimum Gasteiger partial charge on any atom is -0.790 e. The molecule has 1 unspecified atom stereocenters. The first-order chi connectivity index (χ1) is 9.87. The largest absolute Gasteiger partial charge is 1.00 e. The third kappa shape index (κ3) is 5.17. The molecule has 3 rings (SSSR count). The topological polar surface area (TPSA) is 90.9 Å². The van der Waals surface area contributed by atoms with Crippen LogP contribution in [0.4, 0.5) is 4.39 Å². The van der Waals surface area contributed by atoms with Crippen LogP contribution in [0.15, 0.2) is 6.07 Å². The van der Waals surface area contributed by atoms with Crippen molar-refractivity contribution in [3.8, 4) is 11.5 Å². The predicted molar refractivity (Wildman–Crippen MR) is 66.5 cm³/mol. The monoisotopic (exact) mass is 362 g/mol. The summed E-state index contributed by atoms with van der Waals surface area (Å²) in [6.45, 7) is 1.48. The molecule has 0 amide bonds. The van der Waals surface area contributed by atoms with Crippen molar-refractivity contribution in [3.05, 3.63) is 23.0 Å². The summed E-state index contributed by atoms with van der Waals surface area (Å²) in [6.07, 6.45) is 1.85. The van der Waals surface area contributed by atoms with Gasteiger partial charge in [-0.15, -0.1) is 0 Å². The van der Waals surface area contributed by atoms with Crippen LogP contribution in [0, 0.1) is 5.82 Å². The minimum absolute atomic E-state index is 0. The summed E-state index contributed by atoms with van der Waals surface area (Å²) in [5.74, 6) is 0.193. The second kappa shape index (κ2) is 8.49. The van der Waals surface area contributed by atoms with Crippen LogP contribution in [0.25, 0.3) is 0 Å². The van der Waals surface area contributed by atoms with E-state index in [1.165, 1.54) is 6.07 Å². The molecule has 23 heavy (non-hydrogen) atoms. The molecule has 1 heterocycles. The van der Waals surface area contributed by atoms with Crippen molar-refractivity contribution in [3.63, 3.8) is 0 Å². The zero-order chi connectivity index (χ0) is 15.2. The first-order valence-electron chi connectivity index (χ1n) is 6.65. The molecule has 0 saturated heterocycles. The van der Waals surface area contributed by atoms with Gasteiger partial charge in [0.25, 0.3) is 0 Å². The summed E-state index contributed by atoms with van der Waals surface area (Å²) in [5.41, 5.74) is 1.26. The Morgan fingerprint density at radius 2 is 2.04 bits per heavy atom. The molecule has 0 aromatic heterocycles. The van der Waals surface area contributed by atoms with Crippen molar-refractivity contribution < 1.29 is 91.9 Å². The fourth-order valence-electron chi connectivity index (χ4n) is 2.55. The van der Waals surface area contributed by atoms with Gasteiger partial charge in [0.15, 0.2) is 18.4 Å². The van der Waals surface area contributed by atoms with Gasteiger partial charge in [-0.2, -0.15) is 0 Å². The molecule has 116 valence electrons. The maximum atomic E-state index is 14.0. The second-order valence-electron chi connectivity index (χ2n) is 5.34. The number of fused-ring (bicyclic) bond motifs is 1. The summed E-state index contributed by atoms with van der Waals surface area (Å²) in [5, 5.41) is 0. The van der Waals surface area contributed by atoms with Crippen LogP contribution in [0.2, 0.25) is 0 Å². The summed E-state index contributed by atoms with van der Waals surface area (Å²) < 4.78 is 39.3. The first kappa shape index (κ1) is 21.9. The van der Waals surface area contributed by atoms with Crippen LogP contribution < -0.4 is 78.4 Å². The molecule has 1 aromatic rings. The average molecular weight is 362 g/mol. The normalized spacial score (nSPS) is 19.2. The van der Waals surface area contributed by atoms with Gasteiger partial charge in [-0.05, 0) is 24.8 Å². The van der Waals surface area contributed by atoms with Crippen LogP contribution in [0.1, 0.15) is 42.7 Å². The number of ether oxygens (including phenoxy) is 2. The molecule has 1 aromatic carbocycles. The number of rotatable bonds is 5. The summed E-state index contributed by atoms with van der Waals surface area (Å²) >= 11 is 0. The molecule has 2 aliphatic rings. The Morgan fingerprint density at radius 1 is 1.39 bits per heavy atom. The Hall–Kier alpha value is 0.860. The van der Waals surface area contributed by atoms with Crippen molar-refractivity contribution in [1.82, 2.24) is 0 Å². The van der Waals surface area contributed by atoms with Gasteiger partial charge in [-0.25, -0.2) is 4.39 Å². The Morgan fingerprint density at radius 3 is 2.61 bits per heavy atom. The summed E-state index contributed by atoms with van der Waals surface area (Å²) in [6, 6.07) is 1.36. The van der Waals surface area contributed by atoms with Crippen molar-refractivity contribution >= 4 is 7.82 Å². The van der Waals surface area contributed by atoms with Gasteiger partial charge in [0.05, 0.1) is 14.4 Å². The number of halogens is 1. The van der Waals surface area contributed by atoms with Crippen LogP contribution in [-0.4, -0.2) is 13.4 Å². The fraction of sp³-hybridized carbons (Fsp3) is 0.538. The third-order valence-corrected chi connectivity index (χ3v) is 4.07. The van der Waals surface area contributed by atoms with Crippen molar-refractivity contribution in [2.45, 2.75) is 31.6 Å². The number of benzene rings is 1. The molecule has 0 bridgehead atoms. The van der Waals surface area contributed by atoms with Gasteiger partial charge in [0, 0.05) is 17.0 Å². The second-order valence-corrected chi connectivity index (χ2v) is 6.50. The van der Waals surface area contributed by atoms with E-state index in [-0.39, 0.29) is 76.7 Å². The molecule has 1 atom stereocenters. The molecule has 0 spiro atoms. The van der Waals surface area contributed by atoms with Gasteiger partial charge < -0.3 is 28.3 Å². The minimum atomic E-state index is -5.10. The molecule has 1 fully saturated rings. The molecule has 6 nitrogen and oxygen atoms in total. The molecular weight excluding hydrogens is 348 g/mol. The van der Waals surface area contributed by atoms with Crippen LogP contribution >= 0.6 is 7.82 Å². The molecule has 1 aliphatic carbocycles. The Labute approximate surface area is 177 Å². The maximum Gasteiger partial charge on any atom is 1.00 e. The Balaban J connectivity index is 0.00000132. The van der Waals surface area contributed by atoms with Gasteiger partial charge in [-0.3, -0.25) is 0 Å². The maximum absolute atomic E-state index is 14.0. The third-order valence-electron chi connectivity index (χ3n) is 3.65. The number of phosphoric ester groups is 1. The average Bonchev–Trinajstić information content (AvgIpc) is 3.14. The van der Waals surface area contributed by atoms with Gasteiger partial charge >= 0.3 is 59.1 Å². The molecular formula is C13H14FNa2O6P. The van der Waals surface area contributed by atoms with Crippen molar-refractivity contribution in [2.75, 3.05) is 13.4 Å². The fourth-order valence-corrected chi connectivity index (χ4v) is 2.73. The number of hydrogen-bond acceptors (Lipinski definition) is 6. The van der Waals surface area contributed by atoms with Crippen LogP contribution in [0.5, 0.6) is 11.5 Å². The number of phosphoric acid groups is 1. The van der Waals surface area contributed by atoms with Gasteiger partial charge in [0.1, 0.15) is 5.75 Å². The zero-order valence-electron chi connectivity index (χ0n) is 13.3. The Kier molecular flexibility index (Phi) is 8.09. The van der Waals surface area contributed by atoms with E-state index in [2.05, 4.69) is 4.52 Å². The van der Waals surface area contributed by atoms with E-state index in [4.69, 9.17) is 9.47 Å². The van der Waals surface area contributed by atoms with E-state index in [0.717, 1.165) is 12.8 Å². The first-order valence-corrected chi connectivity index (χ1v) is 8.11. The van der Waals surface area contributed by atoms with Crippen molar-refractivity contribution in [1.29, 1.82) is 0 Å². The molecule has 1 aliphatic heterocycles. The zero-order valence-corrected chi connectivity index (χ0v) is 18.2. The quantitative estimate of drug-likeness (QED) is 0.298. The van der Waals surface area contributed by atoms with Crippen LogP contribution in [-0.2, 0) is 9.09 Å². The SMILES string of the molecule is CC1COc2c(F)cc(C3CC3)c(OCOP(=O)([O-])[O-])c21.[Na+].[Na+]. The van der Waals surface area contributed by atoms with E-state index in [0.29, 0.717) is 23.5 Å². The van der Waals surface area contributed by atoms with E-state index in [1.807, 2.05) is 6.92 Å². The summed E-state index contributed by atoms with van der Waals surface area (Å²) in [4.78, 5) is 21.0. The Bertz CT molecular complexity index is 619. The number of hydrogen-bond donors (Lipinski definition) is 0. The standard InChI is InChI=1S/C13H16FO6P.2Na/c1-7-5-18-13-10(14)4-9(8-2-3-8)12(11(7)13)19-6-20-21(15,16)17;;/h4,7-8H,2-3,5-6H2,1H3,(H2,15,16,17);;/q;2*+1/p-2. The summed E-state index contributed by atoms with van der Waals surface area (Å²) in [7, 11) is -5.10. The van der Waals surface area contributed by atoms with Crippen molar-refractivity contribution in [2.24, 2.45) is 0 Å². The predicted octanol–water partition coefficient (Wildman–Crippen LogP) is -4.61. The molecule has 0 N–H and O–H groups in total. The van der Waals surface area contributed by atoms with Gasteiger partial charge in [-0.1, -0.05) is 6.92 Å². The smallest absolute Gasteiger partial charge is 0.790 e. The molecule has 10 heteroatoms. The van der Waals surface area contributed by atoms with Crippen LogP contribution in [0.3, 0.4) is 0 Å². The van der Waals surface area contributed by atoms with E-state index in [1.54, 1.807) is 0 Å². The van der Waals surface area contributed by atoms with E-state index in [9.17, 15) is 18.7 Å². The van der Waals surface area contributed by atoms with E-state index >= 15 is 0 Å². The van der Waals surface area contributed by atoms with Gasteiger partial charge in [0.2, 0.25) is 0 Å². The van der Waals surface area contributed by atoms with E-state index < -0.39 is 20.4 Å².